The monoisotopic (exact) mass is 939 g/mol. The van der Waals surface area contributed by atoms with Gasteiger partial charge in [-0.25, -0.2) is 14.6 Å². The summed E-state index contributed by atoms with van der Waals surface area (Å²) in [7, 11) is 1.68. The fraction of sp³-hybridized carbons (Fsp3) is 0.379. The lowest BCUT2D eigenvalue weighted by molar-refractivity contribution is 0.0733. The van der Waals surface area contributed by atoms with Gasteiger partial charge in [-0.15, -0.1) is 0 Å². The highest BCUT2D eigenvalue weighted by Gasteiger charge is 2.20. The molecule has 0 radical (unpaired) electrons. The van der Waals surface area contributed by atoms with Crippen LogP contribution in [0.2, 0.25) is 0 Å². The van der Waals surface area contributed by atoms with Crippen LogP contribution >= 0.6 is 11.8 Å². The molecule has 0 saturated heterocycles. The molecule has 0 N–H and O–H groups in total. The zero-order valence-corrected chi connectivity index (χ0v) is 41.7. The molecule has 3 saturated carbocycles. The molecule has 5 aromatic rings. The van der Waals surface area contributed by atoms with Crippen LogP contribution in [-0.2, 0) is 4.74 Å². The number of aromatic nitrogens is 1. The van der Waals surface area contributed by atoms with Crippen LogP contribution in [-0.4, -0.2) is 55.7 Å². The van der Waals surface area contributed by atoms with Gasteiger partial charge in [-0.1, -0.05) is 85.6 Å². The number of benzene rings is 4. The number of thioether (sulfide) groups is 1. The van der Waals surface area contributed by atoms with Gasteiger partial charge < -0.3 is 23.4 Å². The van der Waals surface area contributed by atoms with E-state index in [0.29, 0.717) is 42.2 Å². The van der Waals surface area contributed by atoms with E-state index in [1.165, 1.54) is 63.0 Å². The molecule has 0 amide bonds. The molecule has 0 aliphatic heterocycles. The summed E-state index contributed by atoms with van der Waals surface area (Å²) in [5.41, 5.74) is 8.16. The Morgan fingerprint density at radius 3 is 2.00 bits per heavy atom. The summed E-state index contributed by atoms with van der Waals surface area (Å²) in [6, 6.07) is 25.1. The van der Waals surface area contributed by atoms with Crippen molar-refractivity contribution >= 4 is 34.4 Å². The number of rotatable bonds is 19. The molecule has 1 aromatic heterocycles. The molecule has 0 spiro atoms. The van der Waals surface area contributed by atoms with Crippen LogP contribution in [0.1, 0.15) is 110 Å². The van der Waals surface area contributed by atoms with Crippen molar-refractivity contribution in [3.63, 3.8) is 0 Å². The number of esters is 1. The van der Waals surface area contributed by atoms with E-state index in [1.54, 1.807) is 60.3 Å². The van der Waals surface area contributed by atoms with E-state index in [-0.39, 0.29) is 23.0 Å². The van der Waals surface area contributed by atoms with Gasteiger partial charge >= 0.3 is 11.6 Å². The Kier molecular flexibility index (Phi) is 21.6. The van der Waals surface area contributed by atoms with Crippen molar-refractivity contribution < 1.29 is 33.0 Å². The minimum atomic E-state index is -0.536. The number of carbonyl (C=O) groups is 2. The van der Waals surface area contributed by atoms with E-state index < -0.39 is 11.6 Å². The first-order chi connectivity index (χ1) is 32.9. The highest BCUT2D eigenvalue weighted by molar-refractivity contribution is 7.98. The Bertz CT molecular complexity index is 2540. The van der Waals surface area contributed by atoms with Crippen molar-refractivity contribution in [2.45, 2.75) is 91.9 Å². The minimum Gasteiger partial charge on any atom is -0.494 e. The van der Waals surface area contributed by atoms with Crippen molar-refractivity contribution in [2.75, 3.05) is 38.9 Å². The normalized spacial score (nSPS) is 13.7. The fourth-order valence-electron chi connectivity index (χ4n) is 6.98. The fourth-order valence-corrected chi connectivity index (χ4v) is 7.63. The molecule has 3 fully saturated rings. The van der Waals surface area contributed by atoms with E-state index in [4.69, 9.17) is 23.4 Å². The van der Waals surface area contributed by atoms with Gasteiger partial charge in [0.05, 0.1) is 29.7 Å². The number of ketones is 1. The Hall–Kier alpha value is -5.97. The summed E-state index contributed by atoms with van der Waals surface area (Å²) in [5, 5.41) is 0.254. The van der Waals surface area contributed by atoms with E-state index in [2.05, 4.69) is 31.1 Å². The van der Waals surface area contributed by atoms with Crippen LogP contribution in [0, 0.1) is 25.7 Å². The zero-order chi connectivity index (χ0) is 48.8. The molecule has 1 heterocycles. The SMILES string of the molecule is C=CC(C)=C1CC1.C=CC=C1CCC1.COCCCOc1ccc(C(=O)C(C)CSC)cc1.Cc1ccc(-c2nc3cc(C)c(OC(=O)c4ccc(OCCCC5CC5)cc4)cc3c(=O)o2)cc1. The van der Waals surface area contributed by atoms with Crippen molar-refractivity contribution in [1.29, 1.82) is 0 Å². The van der Waals surface area contributed by atoms with Crippen LogP contribution in [0.4, 0.5) is 0 Å². The van der Waals surface area contributed by atoms with Gasteiger partial charge in [-0.05, 0) is 156 Å². The number of Topliss-reactive ketones (excluding diaryl/α,β-unsaturated/α-hetero) is 1. The number of carbonyl (C=O) groups excluding carboxylic acids is 2. The summed E-state index contributed by atoms with van der Waals surface area (Å²) >= 11 is 1.69. The molecule has 1 atom stereocenters. The van der Waals surface area contributed by atoms with Crippen molar-refractivity contribution in [1.82, 2.24) is 4.98 Å². The third-order valence-electron chi connectivity index (χ3n) is 11.7. The first kappa shape index (κ1) is 53.0. The molecule has 4 aromatic carbocycles. The molecule has 3 aliphatic carbocycles. The number of hydrogen-bond donors (Lipinski definition) is 0. The standard InChI is InChI=1S/C29H27NO5.C15H22O3S.2C7H10/c1-18-5-9-21(10-6-18)27-30-25-16-19(2)26(17-24(25)29(32)35-27)34-28(31)22-11-13-23(14-12-22)33-15-3-4-20-7-8-20;1-12(11-19-3)15(16)13-5-7-14(8-6-13)18-10-4-9-17-2;1-3-6(2)7-4-5-7;1-2-4-7-5-3-6-7/h5-6,9-14,16-17,20H,3-4,7-8,15H2,1-2H3;5-8,12H,4,9-11H2,1-3H3;3H,1,4-5H2,2H3;2,4H,1,3,5-6H2. The number of nitrogens with zero attached hydrogens (tertiary/aromatic N) is 1. The van der Waals surface area contributed by atoms with Gasteiger partial charge in [0.25, 0.3) is 0 Å². The number of ether oxygens (including phenoxy) is 4. The molecule has 8 rings (SSSR count). The summed E-state index contributed by atoms with van der Waals surface area (Å²) in [6.07, 6.45) is 20.4. The Labute approximate surface area is 407 Å². The second kappa shape index (κ2) is 27.7. The van der Waals surface area contributed by atoms with Crippen LogP contribution in [0.5, 0.6) is 17.2 Å². The summed E-state index contributed by atoms with van der Waals surface area (Å²) in [6.45, 7) is 17.2. The third-order valence-corrected chi connectivity index (χ3v) is 12.5. The van der Waals surface area contributed by atoms with Crippen LogP contribution in [0.25, 0.3) is 22.4 Å². The highest BCUT2D eigenvalue weighted by atomic mass is 32.2. The summed E-state index contributed by atoms with van der Waals surface area (Å²) in [4.78, 5) is 42.0. The van der Waals surface area contributed by atoms with Gasteiger partial charge in [-0.2, -0.15) is 11.8 Å². The number of allylic oxidation sites excluding steroid dienone is 6. The van der Waals surface area contributed by atoms with Crippen molar-refractivity contribution in [2.24, 2.45) is 11.8 Å². The molecule has 0 bridgehead atoms. The van der Waals surface area contributed by atoms with Crippen molar-refractivity contribution in [3.8, 4) is 28.7 Å². The first-order valence-electron chi connectivity index (χ1n) is 23.8. The third kappa shape index (κ3) is 17.6. The predicted molar refractivity (Wildman–Crippen MR) is 279 cm³/mol. The van der Waals surface area contributed by atoms with Crippen LogP contribution < -0.4 is 19.8 Å². The number of methoxy groups -OCH3 is 1. The smallest absolute Gasteiger partial charge is 0.347 e. The number of fused-ring (bicyclic) bond motifs is 1. The van der Waals surface area contributed by atoms with Gasteiger partial charge in [0.2, 0.25) is 5.89 Å². The predicted octanol–water partition coefficient (Wildman–Crippen LogP) is 14.1. The van der Waals surface area contributed by atoms with Crippen LogP contribution in [0.15, 0.2) is 142 Å². The molecular weight excluding hydrogens is 871 g/mol. The van der Waals surface area contributed by atoms with Gasteiger partial charge in [0, 0.05) is 42.9 Å². The number of aryl methyl sites for hydroxylation is 2. The maximum absolute atomic E-state index is 12.7. The largest absolute Gasteiger partial charge is 0.494 e. The van der Waals surface area contributed by atoms with E-state index in [1.807, 2.05) is 87.7 Å². The van der Waals surface area contributed by atoms with Gasteiger partial charge in [-0.3, -0.25) is 4.79 Å². The Balaban J connectivity index is 0.000000216. The maximum atomic E-state index is 12.7. The van der Waals surface area contributed by atoms with Crippen molar-refractivity contribution in [3.05, 3.63) is 166 Å². The average Bonchev–Trinajstić information content (AvgIpc) is 4.28. The van der Waals surface area contributed by atoms with E-state index >= 15 is 0 Å². The second-order valence-electron chi connectivity index (χ2n) is 17.5. The van der Waals surface area contributed by atoms with Gasteiger partial charge in [0.15, 0.2) is 5.78 Å². The lowest BCUT2D eigenvalue weighted by atomic mass is 9.92. The Morgan fingerprint density at radius 1 is 0.853 bits per heavy atom. The average molecular weight is 940 g/mol. The summed E-state index contributed by atoms with van der Waals surface area (Å²) < 4.78 is 27.3. The topological polar surface area (TPSA) is 114 Å². The van der Waals surface area contributed by atoms with E-state index in [9.17, 15) is 14.4 Å². The zero-order valence-electron chi connectivity index (χ0n) is 40.9. The summed E-state index contributed by atoms with van der Waals surface area (Å²) in [5.74, 6) is 3.56. The molecular formula is C58H69NO8S. The minimum absolute atomic E-state index is 0.0588. The van der Waals surface area contributed by atoms with E-state index in [0.717, 1.165) is 52.7 Å². The molecule has 68 heavy (non-hydrogen) atoms. The van der Waals surface area contributed by atoms with Gasteiger partial charge in [0.1, 0.15) is 17.2 Å². The Morgan fingerprint density at radius 2 is 1.49 bits per heavy atom. The molecule has 1 unspecified atom stereocenters. The molecule has 10 heteroatoms. The molecule has 3 aliphatic rings. The lowest BCUT2D eigenvalue weighted by Gasteiger charge is -2.14. The molecule has 360 valence electrons. The first-order valence-corrected chi connectivity index (χ1v) is 25.2. The lowest BCUT2D eigenvalue weighted by Crippen LogP contribution is -2.13. The molecule has 9 nitrogen and oxygen atoms in total. The quantitative estimate of drug-likeness (QED) is 0.0343. The maximum Gasteiger partial charge on any atom is 0.347 e. The highest BCUT2D eigenvalue weighted by Crippen LogP contribution is 2.34. The number of hydrogen-bond acceptors (Lipinski definition) is 10. The second-order valence-corrected chi connectivity index (χ2v) is 18.4. The van der Waals surface area contributed by atoms with Crippen LogP contribution in [0.3, 0.4) is 0 Å².